The molecular weight excluding hydrogens is 448 g/mol. The van der Waals surface area contributed by atoms with Gasteiger partial charge in [-0.15, -0.1) is 0 Å². The number of carbonyl (C=O) groups is 3. The summed E-state index contributed by atoms with van der Waals surface area (Å²) in [5, 5.41) is 10.2. The highest BCUT2D eigenvalue weighted by Gasteiger charge is 2.51. The van der Waals surface area contributed by atoms with Crippen LogP contribution in [0.25, 0.3) is 0 Å². The standard InChI is InChI=1S/C27H34N2O6/c1-6-28(7-2)13-14-29-24(18-9-11-20(30)22(16-18)35-8-3)23(26(32)27(29)33)25(31)19-10-12-21(34-5)17(4)15-19/h9-12,15-16,23-24,30H,6-8,13-14H2,1-5H3. The molecule has 35 heavy (non-hydrogen) atoms. The molecule has 0 bridgehead atoms. The number of hydrogen-bond acceptors (Lipinski definition) is 7. The number of ether oxygens (including phenoxy) is 2. The molecule has 2 aromatic carbocycles. The third-order valence-electron chi connectivity index (χ3n) is 6.54. The Morgan fingerprint density at radius 2 is 1.77 bits per heavy atom. The first-order chi connectivity index (χ1) is 16.8. The van der Waals surface area contributed by atoms with Crippen molar-refractivity contribution in [3.8, 4) is 17.2 Å². The van der Waals surface area contributed by atoms with Gasteiger partial charge in [-0.1, -0.05) is 19.9 Å². The molecule has 0 spiro atoms. The third-order valence-corrected chi connectivity index (χ3v) is 6.54. The van der Waals surface area contributed by atoms with Crippen molar-refractivity contribution in [3.05, 3.63) is 53.1 Å². The smallest absolute Gasteiger partial charge is 0.291 e. The van der Waals surface area contributed by atoms with E-state index in [0.717, 1.165) is 18.7 Å². The summed E-state index contributed by atoms with van der Waals surface area (Å²) in [6, 6.07) is 8.89. The number of likely N-dealkylation sites (N-methyl/N-ethyl adjacent to an activating group) is 1. The Balaban J connectivity index is 2.07. The van der Waals surface area contributed by atoms with Gasteiger partial charge in [-0.3, -0.25) is 14.4 Å². The second-order valence-electron chi connectivity index (χ2n) is 8.52. The van der Waals surface area contributed by atoms with Crippen LogP contribution < -0.4 is 9.47 Å². The number of ketones is 2. The van der Waals surface area contributed by atoms with E-state index in [1.807, 2.05) is 20.8 Å². The zero-order valence-electron chi connectivity index (χ0n) is 21.0. The lowest BCUT2D eigenvalue weighted by Gasteiger charge is -2.30. The highest BCUT2D eigenvalue weighted by molar-refractivity contribution is 6.44. The number of Topliss-reactive ketones (excluding diaryl/α,β-unsaturated/α-hetero) is 2. The van der Waals surface area contributed by atoms with Crippen molar-refractivity contribution in [2.75, 3.05) is 39.9 Å². The van der Waals surface area contributed by atoms with Crippen LogP contribution in [0.5, 0.6) is 17.2 Å². The predicted molar refractivity (Wildman–Crippen MR) is 132 cm³/mol. The van der Waals surface area contributed by atoms with Crippen LogP contribution in [0.2, 0.25) is 0 Å². The maximum absolute atomic E-state index is 13.7. The molecule has 0 aliphatic carbocycles. The summed E-state index contributed by atoms with van der Waals surface area (Å²) in [7, 11) is 1.55. The number of phenolic OH excluding ortho intramolecular Hbond substituents is 1. The van der Waals surface area contributed by atoms with Crippen molar-refractivity contribution in [1.29, 1.82) is 0 Å². The Hall–Kier alpha value is -3.39. The fourth-order valence-corrected chi connectivity index (χ4v) is 4.59. The third kappa shape index (κ3) is 5.32. The summed E-state index contributed by atoms with van der Waals surface area (Å²) in [5.41, 5.74) is 1.66. The van der Waals surface area contributed by atoms with E-state index in [2.05, 4.69) is 4.90 Å². The lowest BCUT2D eigenvalue weighted by molar-refractivity contribution is -0.140. The van der Waals surface area contributed by atoms with Crippen LogP contribution in [0, 0.1) is 12.8 Å². The van der Waals surface area contributed by atoms with Crippen LogP contribution in [0.15, 0.2) is 36.4 Å². The maximum atomic E-state index is 13.7. The van der Waals surface area contributed by atoms with E-state index in [1.54, 1.807) is 44.4 Å². The van der Waals surface area contributed by atoms with Gasteiger partial charge < -0.3 is 24.4 Å². The number of phenols is 1. The molecule has 0 radical (unpaired) electrons. The number of likely N-dealkylation sites (tertiary alicyclic amines) is 1. The van der Waals surface area contributed by atoms with E-state index in [0.29, 0.717) is 36.6 Å². The first kappa shape index (κ1) is 26.2. The van der Waals surface area contributed by atoms with E-state index < -0.39 is 29.4 Å². The minimum absolute atomic E-state index is 0.0467. The molecule has 0 aromatic heterocycles. The number of aromatic hydroxyl groups is 1. The molecule has 3 rings (SSSR count). The monoisotopic (exact) mass is 482 g/mol. The van der Waals surface area contributed by atoms with Crippen molar-refractivity contribution in [1.82, 2.24) is 9.80 Å². The Bertz CT molecular complexity index is 1100. The molecule has 1 aliphatic rings. The van der Waals surface area contributed by atoms with Crippen molar-refractivity contribution in [2.45, 2.75) is 33.7 Å². The zero-order valence-corrected chi connectivity index (χ0v) is 21.0. The maximum Gasteiger partial charge on any atom is 0.291 e. The molecule has 8 heteroatoms. The molecule has 188 valence electrons. The molecule has 1 heterocycles. The quantitative estimate of drug-likeness (QED) is 0.298. The van der Waals surface area contributed by atoms with Gasteiger partial charge in [0, 0.05) is 18.7 Å². The molecule has 1 N–H and O–H groups in total. The number of benzene rings is 2. The SMILES string of the molecule is CCOc1cc(C2C(C(=O)c3ccc(OC)c(C)c3)C(=O)C(=O)N2CCN(CC)CC)ccc1O. The number of nitrogens with zero attached hydrogens (tertiary/aromatic N) is 2. The van der Waals surface area contributed by atoms with Gasteiger partial charge >= 0.3 is 0 Å². The number of amides is 1. The first-order valence-electron chi connectivity index (χ1n) is 12.0. The van der Waals surface area contributed by atoms with Crippen LogP contribution in [0.1, 0.15) is 48.3 Å². The fraction of sp³-hybridized carbons (Fsp3) is 0.444. The lowest BCUT2D eigenvalue weighted by Crippen LogP contribution is -2.38. The molecule has 8 nitrogen and oxygen atoms in total. The van der Waals surface area contributed by atoms with Crippen LogP contribution in [0.4, 0.5) is 0 Å². The van der Waals surface area contributed by atoms with E-state index in [1.165, 1.54) is 11.0 Å². The van der Waals surface area contributed by atoms with Crippen molar-refractivity contribution in [2.24, 2.45) is 5.92 Å². The van der Waals surface area contributed by atoms with Crippen molar-refractivity contribution in [3.63, 3.8) is 0 Å². The lowest BCUT2D eigenvalue weighted by atomic mass is 9.85. The molecule has 2 aromatic rings. The van der Waals surface area contributed by atoms with Crippen molar-refractivity contribution >= 4 is 17.5 Å². The number of carbonyl (C=O) groups excluding carboxylic acids is 3. The van der Waals surface area contributed by atoms with Gasteiger partial charge in [0.05, 0.1) is 19.8 Å². The largest absolute Gasteiger partial charge is 0.504 e. The first-order valence-corrected chi connectivity index (χ1v) is 12.0. The molecular formula is C27H34N2O6. The average molecular weight is 483 g/mol. The Morgan fingerprint density at radius 3 is 2.37 bits per heavy atom. The molecule has 0 saturated carbocycles. The van der Waals surface area contributed by atoms with E-state index in [-0.39, 0.29) is 11.5 Å². The summed E-state index contributed by atoms with van der Waals surface area (Å²) in [6.07, 6.45) is 0. The van der Waals surface area contributed by atoms with Gasteiger partial charge in [0.2, 0.25) is 5.78 Å². The second kappa shape index (κ2) is 11.4. The van der Waals surface area contributed by atoms with Gasteiger partial charge in [-0.2, -0.15) is 0 Å². The highest BCUT2D eigenvalue weighted by Crippen LogP contribution is 2.41. The summed E-state index contributed by atoms with van der Waals surface area (Å²) in [6.45, 7) is 10.5. The normalized spacial score (nSPS) is 17.8. The Labute approximate surface area is 206 Å². The number of aryl methyl sites for hydroxylation is 1. The minimum atomic E-state index is -1.20. The van der Waals surface area contributed by atoms with Crippen molar-refractivity contribution < 1.29 is 29.0 Å². The molecule has 2 unspecified atom stereocenters. The van der Waals surface area contributed by atoms with E-state index in [4.69, 9.17) is 9.47 Å². The zero-order chi connectivity index (χ0) is 25.7. The van der Waals surface area contributed by atoms with Crippen LogP contribution in [-0.2, 0) is 9.59 Å². The van der Waals surface area contributed by atoms with Crippen LogP contribution >= 0.6 is 0 Å². The molecule has 1 saturated heterocycles. The summed E-state index contributed by atoms with van der Waals surface area (Å²) >= 11 is 0. The van der Waals surface area contributed by atoms with Gasteiger partial charge in [0.1, 0.15) is 11.7 Å². The Morgan fingerprint density at radius 1 is 1.06 bits per heavy atom. The topological polar surface area (TPSA) is 96.4 Å². The van der Waals surface area contributed by atoms with Crippen LogP contribution in [-0.4, -0.2) is 72.3 Å². The summed E-state index contributed by atoms with van der Waals surface area (Å²) in [4.78, 5) is 43.7. The predicted octanol–water partition coefficient (Wildman–Crippen LogP) is 3.40. The van der Waals surface area contributed by atoms with E-state index in [9.17, 15) is 19.5 Å². The minimum Gasteiger partial charge on any atom is -0.504 e. The second-order valence-corrected chi connectivity index (χ2v) is 8.52. The molecule has 1 aliphatic heterocycles. The summed E-state index contributed by atoms with van der Waals surface area (Å²) < 4.78 is 10.8. The van der Waals surface area contributed by atoms with Gasteiger partial charge in [0.25, 0.3) is 5.91 Å². The van der Waals surface area contributed by atoms with Gasteiger partial charge in [-0.25, -0.2) is 0 Å². The fourth-order valence-electron chi connectivity index (χ4n) is 4.59. The number of rotatable bonds is 11. The molecule has 1 amide bonds. The number of hydrogen-bond donors (Lipinski definition) is 1. The molecule has 1 fully saturated rings. The number of methoxy groups -OCH3 is 1. The molecule has 2 atom stereocenters. The van der Waals surface area contributed by atoms with Gasteiger partial charge in [0.15, 0.2) is 17.3 Å². The summed E-state index contributed by atoms with van der Waals surface area (Å²) in [5.74, 6) is -2.19. The van der Waals surface area contributed by atoms with E-state index >= 15 is 0 Å². The van der Waals surface area contributed by atoms with Gasteiger partial charge in [-0.05, 0) is 68.4 Å². The highest BCUT2D eigenvalue weighted by atomic mass is 16.5. The van der Waals surface area contributed by atoms with Crippen LogP contribution in [0.3, 0.4) is 0 Å². The Kier molecular flexibility index (Phi) is 8.51. The average Bonchev–Trinajstić information content (AvgIpc) is 3.10.